The summed E-state index contributed by atoms with van der Waals surface area (Å²) in [5.41, 5.74) is 2.36. The number of carbonyl (C=O) groups excluding carboxylic acids is 2. The summed E-state index contributed by atoms with van der Waals surface area (Å²) in [6.45, 7) is 1.81. The molecule has 6 heteroatoms. The first-order chi connectivity index (χ1) is 12.5. The van der Waals surface area contributed by atoms with Crippen LogP contribution >= 0.6 is 11.6 Å². The van der Waals surface area contributed by atoms with E-state index >= 15 is 0 Å². The Bertz CT molecular complexity index is 846. The van der Waals surface area contributed by atoms with Gasteiger partial charge in [0.1, 0.15) is 6.29 Å². The van der Waals surface area contributed by atoms with Crippen molar-refractivity contribution < 1.29 is 19.1 Å². The second-order valence-electron chi connectivity index (χ2n) is 6.30. The predicted molar refractivity (Wildman–Crippen MR) is 101 cm³/mol. The number of hydrogen-bond acceptors (Lipinski definition) is 4. The fourth-order valence-electron chi connectivity index (χ4n) is 2.74. The molecule has 0 bridgehead atoms. The lowest BCUT2D eigenvalue weighted by molar-refractivity contribution is 0.102. The van der Waals surface area contributed by atoms with Gasteiger partial charge in [-0.15, -0.1) is 0 Å². The molecule has 0 heterocycles. The molecule has 1 amide bonds. The molecule has 0 spiro atoms. The highest BCUT2D eigenvalue weighted by Gasteiger charge is 2.23. The Morgan fingerprint density at radius 3 is 2.62 bits per heavy atom. The van der Waals surface area contributed by atoms with Crippen molar-refractivity contribution in [2.45, 2.75) is 32.3 Å². The third-order valence-electron chi connectivity index (χ3n) is 4.48. The van der Waals surface area contributed by atoms with Crippen molar-refractivity contribution in [3.8, 4) is 11.5 Å². The van der Waals surface area contributed by atoms with Gasteiger partial charge in [-0.1, -0.05) is 11.6 Å². The maximum atomic E-state index is 12.6. The quantitative estimate of drug-likeness (QED) is 0.748. The Morgan fingerprint density at radius 2 is 2.04 bits per heavy atom. The standard InChI is InChI=1S/C20H20ClNO4/c1-12-8-15(7-6-13(12)11-23)22-20(24)14-9-17(21)19(25-2)18(10-14)26-16-4-3-5-16/h6-11,16H,3-5H2,1-2H3,(H,22,24). The number of aldehydes is 1. The molecule has 0 saturated heterocycles. The zero-order valence-corrected chi connectivity index (χ0v) is 15.4. The molecule has 136 valence electrons. The number of amides is 1. The van der Waals surface area contributed by atoms with Gasteiger partial charge in [0.15, 0.2) is 11.5 Å². The molecular formula is C20H20ClNO4. The Hall–Kier alpha value is -2.53. The highest BCUT2D eigenvalue weighted by atomic mass is 35.5. The van der Waals surface area contributed by atoms with Gasteiger partial charge in [0, 0.05) is 16.8 Å². The van der Waals surface area contributed by atoms with Gasteiger partial charge < -0.3 is 14.8 Å². The van der Waals surface area contributed by atoms with Crippen LogP contribution in [-0.2, 0) is 0 Å². The van der Waals surface area contributed by atoms with E-state index in [1.165, 1.54) is 7.11 Å². The Labute approximate surface area is 157 Å². The van der Waals surface area contributed by atoms with Crippen molar-refractivity contribution in [3.05, 3.63) is 52.0 Å². The molecular weight excluding hydrogens is 354 g/mol. The average molecular weight is 374 g/mol. The molecule has 2 aromatic carbocycles. The third-order valence-corrected chi connectivity index (χ3v) is 4.76. The van der Waals surface area contributed by atoms with E-state index in [9.17, 15) is 9.59 Å². The van der Waals surface area contributed by atoms with Crippen LogP contribution in [0.3, 0.4) is 0 Å². The number of ether oxygens (including phenoxy) is 2. The monoisotopic (exact) mass is 373 g/mol. The van der Waals surface area contributed by atoms with Gasteiger partial charge in [-0.2, -0.15) is 0 Å². The molecule has 5 nitrogen and oxygen atoms in total. The van der Waals surface area contributed by atoms with Crippen LogP contribution in [0.25, 0.3) is 0 Å². The molecule has 0 radical (unpaired) electrons. The van der Waals surface area contributed by atoms with Crippen LogP contribution in [0.15, 0.2) is 30.3 Å². The van der Waals surface area contributed by atoms with Gasteiger partial charge >= 0.3 is 0 Å². The largest absolute Gasteiger partial charge is 0.491 e. The summed E-state index contributed by atoms with van der Waals surface area (Å²) in [5, 5.41) is 3.13. The van der Waals surface area contributed by atoms with Crippen LogP contribution in [-0.4, -0.2) is 25.4 Å². The molecule has 1 aliphatic rings. The van der Waals surface area contributed by atoms with Gasteiger partial charge in [-0.25, -0.2) is 0 Å². The lowest BCUT2D eigenvalue weighted by Gasteiger charge is -2.27. The molecule has 1 N–H and O–H groups in total. The van der Waals surface area contributed by atoms with Crippen molar-refractivity contribution >= 4 is 29.5 Å². The molecule has 1 saturated carbocycles. The van der Waals surface area contributed by atoms with Gasteiger partial charge in [0.05, 0.1) is 18.2 Å². The van der Waals surface area contributed by atoms with E-state index in [0.717, 1.165) is 31.1 Å². The molecule has 0 aromatic heterocycles. The summed E-state index contributed by atoms with van der Waals surface area (Å²) in [6, 6.07) is 8.30. The van der Waals surface area contributed by atoms with E-state index in [4.69, 9.17) is 21.1 Å². The van der Waals surface area contributed by atoms with Crippen LogP contribution in [0.4, 0.5) is 5.69 Å². The van der Waals surface area contributed by atoms with E-state index in [2.05, 4.69) is 5.32 Å². The van der Waals surface area contributed by atoms with E-state index < -0.39 is 0 Å². The van der Waals surface area contributed by atoms with E-state index in [0.29, 0.717) is 33.3 Å². The minimum absolute atomic E-state index is 0.136. The Balaban J connectivity index is 1.84. The van der Waals surface area contributed by atoms with E-state index in [-0.39, 0.29) is 12.0 Å². The maximum absolute atomic E-state index is 12.6. The summed E-state index contributed by atoms with van der Waals surface area (Å²) in [6.07, 6.45) is 4.03. The summed E-state index contributed by atoms with van der Waals surface area (Å²) in [5.74, 6) is 0.592. The van der Waals surface area contributed by atoms with E-state index in [1.54, 1.807) is 30.3 Å². The van der Waals surface area contributed by atoms with Crippen molar-refractivity contribution in [1.82, 2.24) is 0 Å². The number of rotatable bonds is 6. The zero-order chi connectivity index (χ0) is 18.7. The van der Waals surface area contributed by atoms with Crippen LogP contribution < -0.4 is 14.8 Å². The predicted octanol–water partition coefficient (Wildman–Crippen LogP) is 4.65. The topological polar surface area (TPSA) is 64.6 Å². The number of aryl methyl sites for hydroxylation is 1. The molecule has 26 heavy (non-hydrogen) atoms. The molecule has 3 rings (SSSR count). The Kier molecular flexibility index (Phi) is 5.47. The third kappa shape index (κ3) is 3.83. The molecule has 1 aliphatic carbocycles. The lowest BCUT2D eigenvalue weighted by atomic mass is 9.96. The summed E-state index contributed by atoms with van der Waals surface area (Å²) in [4.78, 5) is 23.5. The van der Waals surface area contributed by atoms with Crippen LogP contribution in [0, 0.1) is 6.92 Å². The van der Waals surface area contributed by atoms with Crippen molar-refractivity contribution in [2.24, 2.45) is 0 Å². The molecule has 2 aromatic rings. The second kappa shape index (κ2) is 7.79. The summed E-state index contributed by atoms with van der Waals surface area (Å²) in [7, 11) is 1.52. The SMILES string of the molecule is COc1c(Cl)cc(C(=O)Nc2ccc(C=O)c(C)c2)cc1OC1CCC1. The fraction of sp³-hybridized carbons (Fsp3) is 0.300. The number of methoxy groups -OCH3 is 1. The number of benzene rings is 2. The number of hydrogen-bond donors (Lipinski definition) is 1. The van der Waals surface area contributed by atoms with Crippen molar-refractivity contribution in [2.75, 3.05) is 12.4 Å². The van der Waals surface area contributed by atoms with Crippen LogP contribution in [0.1, 0.15) is 45.5 Å². The number of nitrogens with one attached hydrogen (secondary N) is 1. The van der Waals surface area contributed by atoms with Crippen molar-refractivity contribution in [3.63, 3.8) is 0 Å². The maximum Gasteiger partial charge on any atom is 0.255 e. The van der Waals surface area contributed by atoms with Gasteiger partial charge in [0.2, 0.25) is 0 Å². The van der Waals surface area contributed by atoms with Crippen LogP contribution in [0.2, 0.25) is 5.02 Å². The first kappa shape index (κ1) is 18.3. The number of halogens is 1. The zero-order valence-electron chi connectivity index (χ0n) is 14.7. The second-order valence-corrected chi connectivity index (χ2v) is 6.71. The first-order valence-electron chi connectivity index (χ1n) is 8.43. The summed E-state index contributed by atoms with van der Waals surface area (Å²) >= 11 is 6.27. The normalized spacial score (nSPS) is 13.7. The van der Waals surface area contributed by atoms with Gasteiger partial charge in [0.25, 0.3) is 5.91 Å². The van der Waals surface area contributed by atoms with Crippen LogP contribution in [0.5, 0.6) is 11.5 Å². The first-order valence-corrected chi connectivity index (χ1v) is 8.81. The average Bonchev–Trinajstić information content (AvgIpc) is 2.58. The molecule has 1 fully saturated rings. The molecule has 0 atom stereocenters. The number of carbonyl (C=O) groups is 2. The molecule has 0 unspecified atom stereocenters. The van der Waals surface area contributed by atoms with Crippen molar-refractivity contribution in [1.29, 1.82) is 0 Å². The highest BCUT2D eigenvalue weighted by Crippen LogP contribution is 2.39. The van der Waals surface area contributed by atoms with Gasteiger partial charge in [-0.3, -0.25) is 9.59 Å². The number of anilines is 1. The highest BCUT2D eigenvalue weighted by molar-refractivity contribution is 6.32. The Morgan fingerprint density at radius 1 is 1.27 bits per heavy atom. The van der Waals surface area contributed by atoms with Gasteiger partial charge in [-0.05, 0) is 62.1 Å². The smallest absolute Gasteiger partial charge is 0.255 e. The fourth-order valence-corrected chi connectivity index (χ4v) is 3.03. The van der Waals surface area contributed by atoms with E-state index in [1.807, 2.05) is 6.92 Å². The summed E-state index contributed by atoms with van der Waals surface area (Å²) < 4.78 is 11.2. The minimum Gasteiger partial charge on any atom is -0.491 e. The lowest BCUT2D eigenvalue weighted by Crippen LogP contribution is -2.25. The molecule has 0 aliphatic heterocycles. The minimum atomic E-state index is -0.314.